The fourth-order valence-electron chi connectivity index (χ4n) is 6.45. The van der Waals surface area contributed by atoms with Crippen LogP contribution in [0.25, 0.3) is 0 Å². The van der Waals surface area contributed by atoms with Gasteiger partial charge in [0.2, 0.25) is 0 Å². The third kappa shape index (κ3) is 40.5. The van der Waals surface area contributed by atoms with E-state index >= 15 is 0 Å². The van der Waals surface area contributed by atoms with E-state index in [0.29, 0.717) is 13.0 Å². The summed E-state index contributed by atoms with van der Waals surface area (Å²) in [4.78, 5) is 37.0. The first kappa shape index (κ1) is 52.0. The average molecular weight is 776 g/mol. The zero-order valence-electron chi connectivity index (χ0n) is 35.2. The van der Waals surface area contributed by atoms with Crippen molar-refractivity contribution in [3.8, 4) is 0 Å². The van der Waals surface area contributed by atoms with Crippen molar-refractivity contribution >= 4 is 19.8 Å². The minimum absolute atomic E-state index is 0.0125. The highest BCUT2D eigenvalue weighted by Crippen LogP contribution is 2.43. The minimum atomic E-state index is -4.35. The molecule has 0 bridgehead atoms. The summed E-state index contributed by atoms with van der Waals surface area (Å²) in [5.41, 5.74) is 0. The first-order chi connectivity index (χ1) is 25.7. The molecule has 0 saturated heterocycles. The average Bonchev–Trinajstić information content (AvgIpc) is 3.12. The molecule has 0 rings (SSSR count). The van der Waals surface area contributed by atoms with Crippen molar-refractivity contribution in [2.45, 2.75) is 225 Å². The van der Waals surface area contributed by atoms with Gasteiger partial charge in [-0.1, -0.05) is 194 Å². The van der Waals surface area contributed by atoms with Gasteiger partial charge in [-0.15, -0.1) is 0 Å². The molecule has 0 fully saturated rings. The third-order valence-corrected chi connectivity index (χ3v) is 10.9. The molecule has 10 heteroatoms. The highest BCUT2D eigenvalue weighted by atomic mass is 31.2. The maximum absolute atomic E-state index is 12.6. The van der Waals surface area contributed by atoms with Crippen LogP contribution in [0.5, 0.6) is 0 Å². The molecule has 0 amide bonds. The lowest BCUT2D eigenvalue weighted by Gasteiger charge is -2.20. The standard InChI is InChI=1S/C43H86NO8P/c1-5-7-9-11-13-15-17-19-20-21-22-24-25-27-29-31-33-35-42(45)49-39-41(40-51-53(47,48)50-38-37-44(3)4)52-43(46)36-34-32-30-28-26-23-18-16-14-12-10-8-6-2/h41H,5-40H2,1-4H3,(H,47,48). The Morgan fingerprint density at radius 2 is 0.849 bits per heavy atom. The molecule has 0 aliphatic carbocycles. The molecule has 0 saturated carbocycles. The number of hydrogen-bond acceptors (Lipinski definition) is 8. The normalized spacial score (nSPS) is 13.3. The van der Waals surface area contributed by atoms with E-state index in [9.17, 15) is 19.0 Å². The zero-order valence-corrected chi connectivity index (χ0v) is 36.1. The van der Waals surface area contributed by atoms with E-state index in [-0.39, 0.29) is 25.6 Å². The Labute approximate surface area is 327 Å². The number of phosphoric ester groups is 1. The van der Waals surface area contributed by atoms with E-state index in [1.165, 1.54) is 154 Å². The number of ether oxygens (including phenoxy) is 2. The zero-order chi connectivity index (χ0) is 39.1. The van der Waals surface area contributed by atoms with E-state index in [1.54, 1.807) is 0 Å². The molecule has 0 aliphatic rings. The first-order valence-corrected chi connectivity index (χ1v) is 23.8. The van der Waals surface area contributed by atoms with E-state index in [4.69, 9.17) is 18.5 Å². The van der Waals surface area contributed by atoms with Crippen LogP contribution < -0.4 is 0 Å². The van der Waals surface area contributed by atoms with E-state index in [0.717, 1.165) is 38.5 Å². The number of hydrogen-bond donors (Lipinski definition) is 1. The second-order valence-electron chi connectivity index (χ2n) is 15.6. The van der Waals surface area contributed by atoms with Gasteiger partial charge in [0.05, 0.1) is 13.2 Å². The molecule has 0 heterocycles. The summed E-state index contributed by atoms with van der Waals surface area (Å²) in [6, 6.07) is 0. The van der Waals surface area contributed by atoms with Gasteiger partial charge in [0.1, 0.15) is 6.61 Å². The summed E-state index contributed by atoms with van der Waals surface area (Å²) in [5.74, 6) is -0.787. The summed E-state index contributed by atoms with van der Waals surface area (Å²) in [6.07, 6.45) is 37.1. The highest BCUT2D eigenvalue weighted by Gasteiger charge is 2.26. The predicted molar refractivity (Wildman–Crippen MR) is 220 cm³/mol. The van der Waals surface area contributed by atoms with Crippen LogP contribution in [0.1, 0.15) is 219 Å². The van der Waals surface area contributed by atoms with Crippen LogP contribution in [0.3, 0.4) is 0 Å². The summed E-state index contributed by atoms with van der Waals surface area (Å²) >= 11 is 0. The van der Waals surface area contributed by atoms with Gasteiger partial charge in [-0.2, -0.15) is 0 Å². The number of unbranched alkanes of at least 4 members (excludes halogenated alkanes) is 28. The van der Waals surface area contributed by atoms with Crippen LogP contribution in [0.2, 0.25) is 0 Å². The number of carbonyl (C=O) groups excluding carboxylic acids is 2. The maximum atomic E-state index is 12.6. The van der Waals surface area contributed by atoms with Crippen LogP contribution in [-0.2, 0) is 32.7 Å². The molecule has 0 aromatic rings. The van der Waals surface area contributed by atoms with Crippen LogP contribution in [0, 0.1) is 0 Å². The second kappa shape index (κ2) is 39.3. The van der Waals surface area contributed by atoms with Crippen molar-refractivity contribution < 1.29 is 37.6 Å². The Kier molecular flexibility index (Phi) is 38.5. The monoisotopic (exact) mass is 776 g/mol. The van der Waals surface area contributed by atoms with Crippen molar-refractivity contribution in [3.63, 3.8) is 0 Å². The topological polar surface area (TPSA) is 112 Å². The van der Waals surface area contributed by atoms with Gasteiger partial charge in [0, 0.05) is 19.4 Å². The summed E-state index contributed by atoms with van der Waals surface area (Å²) < 4.78 is 33.5. The molecule has 0 aromatic carbocycles. The lowest BCUT2D eigenvalue weighted by molar-refractivity contribution is -0.161. The number of carbonyl (C=O) groups is 2. The van der Waals surface area contributed by atoms with Crippen molar-refractivity contribution in [1.29, 1.82) is 0 Å². The van der Waals surface area contributed by atoms with Gasteiger partial charge in [-0.25, -0.2) is 4.57 Å². The predicted octanol–water partition coefficient (Wildman–Crippen LogP) is 12.7. The van der Waals surface area contributed by atoms with Crippen LogP contribution in [0.15, 0.2) is 0 Å². The molecular weight excluding hydrogens is 689 g/mol. The number of esters is 2. The molecule has 0 aromatic heterocycles. The van der Waals surface area contributed by atoms with Gasteiger partial charge in [0.15, 0.2) is 6.10 Å². The summed E-state index contributed by atoms with van der Waals surface area (Å²) in [7, 11) is -0.696. The first-order valence-electron chi connectivity index (χ1n) is 22.3. The highest BCUT2D eigenvalue weighted by molar-refractivity contribution is 7.47. The third-order valence-electron chi connectivity index (χ3n) is 9.91. The smallest absolute Gasteiger partial charge is 0.462 e. The van der Waals surface area contributed by atoms with Crippen molar-refractivity contribution in [1.82, 2.24) is 4.90 Å². The molecule has 0 aliphatic heterocycles. The van der Waals surface area contributed by atoms with Crippen LogP contribution in [-0.4, -0.2) is 68.3 Å². The lowest BCUT2D eigenvalue weighted by atomic mass is 10.0. The van der Waals surface area contributed by atoms with E-state index in [1.807, 2.05) is 19.0 Å². The fraction of sp³-hybridized carbons (Fsp3) is 0.953. The maximum Gasteiger partial charge on any atom is 0.472 e. The molecule has 2 atom stereocenters. The summed E-state index contributed by atoms with van der Waals surface area (Å²) in [5, 5.41) is 0. The molecule has 2 unspecified atom stereocenters. The number of likely N-dealkylation sites (N-methyl/N-ethyl adjacent to an activating group) is 1. The fourth-order valence-corrected chi connectivity index (χ4v) is 7.20. The Morgan fingerprint density at radius 1 is 0.509 bits per heavy atom. The second-order valence-corrected chi connectivity index (χ2v) is 17.0. The van der Waals surface area contributed by atoms with Crippen molar-refractivity contribution in [2.24, 2.45) is 0 Å². The summed E-state index contributed by atoms with van der Waals surface area (Å²) in [6.45, 7) is 4.36. The molecule has 0 radical (unpaired) electrons. The van der Waals surface area contributed by atoms with Crippen LogP contribution in [0.4, 0.5) is 0 Å². The van der Waals surface area contributed by atoms with E-state index in [2.05, 4.69) is 13.8 Å². The number of rotatable bonds is 42. The van der Waals surface area contributed by atoms with Crippen molar-refractivity contribution in [3.05, 3.63) is 0 Å². The molecule has 53 heavy (non-hydrogen) atoms. The van der Waals surface area contributed by atoms with E-state index < -0.39 is 26.5 Å². The van der Waals surface area contributed by atoms with Crippen LogP contribution >= 0.6 is 7.82 Å². The lowest BCUT2D eigenvalue weighted by Crippen LogP contribution is -2.29. The minimum Gasteiger partial charge on any atom is -0.462 e. The van der Waals surface area contributed by atoms with Gasteiger partial charge in [-0.05, 0) is 26.9 Å². The Hall–Kier alpha value is -0.990. The van der Waals surface area contributed by atoms with Gasteiger partial charge < -0.3 is 19.3 Å². The molecular formula is C43H86NO8P. The molecule has 0 spiro atoms. The van der Waals surface area contributed by atoms with Gasteiger partial charge in [-0.3, -0.25) is 18.6 Å². The van der Waals surface area contributed by atoms with Gasteiger partial charge in [0.25, 0.3) is 0 Å². The molecule has 316 valence electrons. The Morgan fingerprint density at radius 3 is 1.21 bits per heavy atom. The molecule has 9 nitrogen and oxygen atoms in total. The number of nitrogens with zero attached hydrogens (tertiary/aromatic N) is 1. The Bertz CT molecular complexity index is 858. The van der Waals surface area contributed by atoms with Crippen molar-refractivity contribution in [2.75, 3.05) is 40.5 Å². The van der Waals surface area contributed by atoms with Gasteiger partial charge >= 0.3 is 19.8 Å². The largest absolute Gasteiger partial charge is 0.472 e. The SMILES string of the molecule is CCCCCCCCCCCCCCCCCCCC(=O)OCC(COP(=O)(O)OCCN(C)C)OC(=O)CCCCCCCCCCCCCCC. The molecule has 1 N–H and O–H groups in total. The Balaban J connectivity index is 4.21. The number of phosphoric acid groups is 1. The quantitative estimate of drug-likeness (QED) is 0.0368.